The second-order valence-corrected chi connectivity index (χ2v) is 4.73. The van der Waals surface area contributed by atoms with Crippen molar-refractivity contribution in [3.05, 3.63) is 0 Å². The Morgan fingerprint density at radius 1 is 1.41 bits per heavy atom. The average Bonchev–Trinajstić information content (AvgIpc) is 2.29. The van der Waals surface area contributed by atoms with Crippen molar-refractivity contribution < 1.29 is 9.59 Å². The standard InChI is InChI=1S/C12H23N3O2/c1-4-13-11(16)8-15(3)12(17)10-6-5-9(2)14-7-10/h9-10,14H,4-8H2,1-3H3,(H,13,16). The molecule has 2 unspecified atom stereocenters. The van der Waals surface area contributed by atoms with Crippen LogP contribution in [0.25, 0.3) is 0 Å². The summed E-state index contributed by atoms with van der Waals surface area (Å²) < 4.78 is 0. The Kier molecular flexibility index (Phi) is 5.41. The van der Waals surface area contributed by atoms with E-state index in [1.165, 1.54) is 4.90 Å². The van der Waals surface area contributed by atoms with E-state index in [1.807, 2.05) is 6.92 Å². The molecule has 17 heavy (non-hydrogen) atoms. The fourth-order valence-corrected chi connectivity index (χ4v) is 2.07. The third-order valence-electron chi connectivity index (χ3n) is 3.14. The van der Waals surface area contributed by atoms with Crippen molar-refractivity contribution in [2.24, 2.45) is 5.92 Å². The summed E-state index contributed by atoms with van der Waals surface area (Å²) in [6, 6.07) is 0.493. The lowest BCUT2D eigenvalue weighted by Gasteiger charge is -2.29. The summed E-state index contributed by atoms with van der Waals surface area (Å²) in [4.78, 5) is 24.9. The van der Waals surface area contributed by atoms with Gasteiger partial charge >= 0.3 is 0 Å². The normalized spacial score (nSPS) is 24.2. The largest absolute Gasteiger partial charge is 0.355 e. The first kappa shape index (κ1) is 14.0. The predicted molar refractivity (Wildman–Crippen MR) is 66.5 cm³/mol. The molecule has 0 aliphatic carbocycles. The molecule has 0 aromatic carbocycles. The van der Waals surface area contributed by atoms with E-state index in [-0.39, 0.29) is 24.3 Å². The molecule has 5 nitrogen and oxygen atoms in total. The van der Waals surface area contributed by atoms with Crippen molar-refractivity contribution >= 4 is 11.8 Å². The summed E-state index contributed by atoms with van der Waals surface area (Å²) in [5, 5.41) is 5.99. The highest BCUT2D eigenvalue weighted by Gasteiger charge is 2.26. The van der Waals surface area contributed by atoms with E-state index in [2.05, 4.69) is 17.6 Å². The number of piperidine rings is 1. The molecular weight excluding hydrogens is 218 g/mol. The van der Waals surface area contributed by atoms with Crippen LogP contribution in [-0.2, 0) is 9.59 Å². The van der Waals surface area contributed by atoms with Crippen LogP contribution < -0.4 is 10.6 Å². The van der Waals surface area contributed by atoms with Crippen molar-refractivity contribution in [3.63, 3.8) is 0 Å². The zero-order valence-electron chi connectivity index (χ0n) is 11.0. The van der Waals surface area contributed by atoms with Crippen molar-refractivity contribution in [1.82, 2.24) is 15.5 Å². The summed E-state index contributed by atoms with van der Waals surface area (Å²) in [6.07, 6.45) is 1.93. The van der Waals surface area contributed by atoms with E-state index < -0.39 is 0 Å². The summed E-state index contributed by atoms with van der Waals surface area (Å²) in [6.45, 7) is 5.47. The maximum Gasteiger partial charge on any atom is 0.239 e. The fraction of sp³-hybridized carbons (Fsp3) is 0.833. The lowest BCUT2D eigenvalue weighted by Crippen LogP contribution is -2.46. The lowest BCUT2D eigenvalue weighted by atomic mass is 9.94. The number of hydrogen-bond acceptors (Lipinski definition) is 3. The Morgan fingerprint density at radius 3 is 2.65 bits per heavy atom. The topological polar surface area (TPSA) is 61.4 Å². The van der Waals surface area contributed by atoms with Crippen LogP contribution in [0.15, 0.2) is 0 Å². The highest BCUT2D eigenvalue weighted by Crippen LogP contribution is 2.15. The first-order chi connectivity index (χ1) is 8.04. The Labute approximate surface area is 103 Å². The molecule has 1 fully saturated rings. The average molecular weight is 241 g/mol. The number of carbonyl (C=O) groups excluding carboxylic acids is 2. The molecule has 0 aromatic heterocycles. The highest BCUT2D eigenvalue weighted by molar-refractivity contribution is 5.85. The molecule has 5 heteroatoms. The van der Waals surface area contributed by atoms with Gasteiger partial charge in [-0.15, -0.1) is 0 Å². The van der Waals surface area contributed by atoms with Gasteiger partial charge in [-0.1, -0.05) is 0 Å². The van der Waals surface area contributed by atoms with Crippen LogP contribution in [0.1, 0.15) is 26.7 Å². The number of likely N-dealkylation sites (N-methyl/N-ethyl adjacent to an activating group) is 2. The smallest absolute Gasteiger partial charge is 0.239 e. The van der Waals surface area contributed by atoms with Gasteiger partial charge in [-0.05, 0) is 26.7 Å². The van der Waals surface area contributed by atoms with E-state index in [4.69, 9.17) is 0 Å². The summed E-state index contributed by atoms with van der Waals surface area (Å²) in [5.74, 6) is -0.0123. The molecule has 1 aliphatic rings. The second-order valence-electron chi connectivity index (χ2n) is 4.73. The van der Waals surface area contributed by atoms with Crippen LogP contribution in [0.3, 0.4) is 0 Å². The number of carbonyl (C=O) groups is 2. The Morgan fingerprint density at radius 2 is 2.12 bits per heavy atom. The van der Waals surface area contributed by atoms with E-state index in [9.17, 15) is 9.59 Å². The SMILES string of the molecule is CCNC(=O)CN(C)C(=O)C1CCC(C)NC1. The van der Waals surface area contributed by atoms with Crippen LogP contribution in [0.2, 0.25) is 0 Å². The molecule has 1 rings (SSSR count). The molecule has 0 spiro atoms. The first-order valence-corrected chi connectivity index (χ1v) is 6.29. The molecule has 98 valence electrons. The zero-order valence-corrected chi connectivity index (χ0v) is 11.0. The third-order valence-corrected chi connectivity index (χ3v) is 3.14. The van der Waals surface area contributed by atoms with E-state index in [1.54, 1.807) is 7.05 Å². The molecule has 2 amide bonds. The van der Waals surface area contributed by atoms with Crippen LogP contribution in [-0.4, -0.2) is 49.4 Å². The van der Waals surface area contributed by atoms with Gasteiger partial charge < -0.3 is 15.5 Å². The summed E-state index contributed by atoms with van der Waals surface area (Å²) in [7, 11) is 1.69. The van der Waals surface area contributed by atoms with Crippen molar-refractivity contribution in [1.29, 1.82) is 0 Å². The van der Waals surface area contributed by atoms with Gasteiger partial charge in [0.25, 0.3) is 0 Å². The second kappa shape index (κ2) is 6.59. The molecule has 0 saturated carbocycles. The summed E-state index contributed by atoms with van der Waals surface area (Å²) in [5.41, 5.74) is 0. The minimum absolute atomic E-state index is 0.0191. The predicted octanol–water partition coefficient (Wildman–Crippen LogP) is -0.0310. The molecule has 2 N–H and O–H groups in total. The molecule has 1 saturated heterocycles. The van der Waals surface area contributed by atoms with Gasteiger partial charge in [-0.25, -0.2) is 0 Å². The monoisotopic (exact) mass is 241 g/mol. The molecule has 0 radical (unpaired) electrons. The van der Waals surface area contributed by atoms with Gasteiger partial charge in [0.1, 0.15) is 0 Å². The van der Waals surface area contributed by atoms with Gasteiger partial charge in [-0.3, -0.25) is 9.59 Å². The number of rotatable bonds is 4. The van der Waals surface area contributed by atoms with Gasteiger partial charge in [0, 0.05) is 26.2 Å². The highest BCUT2D eigenvalue weighted by atomic mass is 16.2. The van der Waals surface area contributed by atoms with E-state index in [0.717, 1.165) is 19.4 Å². The van der Waals surface area contributed by atoms with Crippen molar-refractivity contribution in [2.45, 2.75) is 32.7 Å². The quantitative estimate of drug-likeness (QED) is 0.726. The van der Waals surface area contributed by atoms with Crippen LogP contribution in [0.5, 0.6) is 0 Å². The summed E-state index contributed by atoms with van der Waals surface area (Å²) >= 11 is 0. The maximum absolute atomic E-state index is 12.1. The minimum atomic E-state index is -0.0968. The molecular formula is C12H23N3O2. The van der Waals surface area contributed by atoms with Gasteiger partial charge in [0.05, 0.1) is 12.5 Å². The van der Waals surface area contributed by atoms with Gasteiger partial charge in [0.2, 0.25) is 11.8 Å². The lowest BCUT2D eigenvalue weighted by molar-refractivity contribution is -0.138. The van der Waals surface area contributed by atoms with Crippen LogP contribution in [0.4, 0.5) is 0 Å². The fourth-order valence-electron chi connectivity index (χ4n) is 2.07. The van der Waals surface area contributed by atoms with Crippen LogP contribution >= 0.6 is 0 Å². The Hall–Kier alpha value is -1.10. The zero-order chi connectivity index (χ0) is 12.8. The number of amides is 2. The number of hydrogen-bond donors (Lipinski definition) is 2. The number of nitrogens with one attached hydrogen (secondary N) is 2. The van der Waals surface area contributed by atoms with Gasteiger partial charge in [0.15, 0.2) is 0 Å². The minimum Gasteiger partial charge on any atom is -0.355 e. The molecule has 1 aliphatic heterocycles. The third kappa shape index (κ3) is 4.34. The van der Waals surface area contributed by atoms with E-state index in [0.29, 0.717) is 12.6 Å². The molecule has 1 heterocycles. The number of nitrogens with zero attached hydrogens (tertiary/aromatic N) is 1. The molecule has 0 bridgehead atoms. The van der Waals surface area contributed by atoms with E-state index >= 15 is 0 Å². The Balaban J connectivity index is 2.38. The molecule has 2 atom stereocenters. The molecule has 0 aromatic rings. The van der Waals surface area contributed by atoms with Gasteiger partial charge in [-0.2, -0.15) is 0 Å². The maximum atomic E-state index is 12.1. The van der Waals surface area contributed by atoms with Crippen molar-refractivity contribution in [3.8, 4) is 0 Å². The first-order valence-electron chi connectivity index (χ1n) is 6.29. The Bertz CT molecular complexity index is 273. The van der Waals surface area contributed by atoms with Crippen molar-refractivity contribution in [2.75, 3.05) is 26.7 Å². The van der Waals surface area contributed by atoms with Crippen LogP contribution in [0, 0.1) is 5.92 Å².